The van der Waals surface area contributed by atoms with Crippen LogP contribution in [0.25, 0.3) is 17.2 Å². The van der Waals surface area contributed by atoms with Crippen molar-refractivity contribution in [1.29, 1.82) is 0 Å². The highest BCUT2D eigenvalue weighted by Crippen LogP contribution is 2.36. The van der Waals surface area contributed by atoms with Gasteiger partial charge in [-0.25, -0.2) is 0 Å². The fraction of sp³-hybridized carbons (Fsp3) is 0.357. The number of nitrogens with zero attached hydrogens (tertiary/aromatic N) is 1. The van der Waals surface area contributed by atoms with Crippen LogP contribution in [0.4, 0.5) is 5.69 Å². The summed E-state index contributed by atoms with van der Waals surface area (Å²) >= 11 is 0. The number of aryl methyl sites for hydroxylation is 1. The van der Waals surface area contributed by atoms with Crippen LogP contribution in [0.5, 0.6) is 5.88 Å². The Balaban J connectivity index is 2.08. The van der Waals surface area contributed by atoms with E-state index in [1.165, 1.54) is 0 Å². The first-order valence-corrected chi connectivity index (χ1v) is 6.38. The van der Waals surface area contributed by atoms with E-state index >= 15 is 0 Å². The monoisotopic (exact) mass is 260 g/mol. The Labute approximate surface area is 110 Å². The summed E-state index contributed by atoms with van der Waals surface area (Å²) in [5.74, 6) is 1.38. The van der Waals surface area contributed by atoms with Crippen molar-refractivity contribution in [3.05, 3.63) is 23.5 Å². The van der Waals surface area contributed by atoms with E-state index in [2.05, 4.69) is 10.3 Å². The lowest BCUT2D eigenvalue weighted by molar-refractivity contribution is 0.229. The highest BCUT2D eigenvalue weighted by atomic mass is 16.5. The number of hydrogen-bond acceptors (Lipinski definition) is 5. The Bertz CT molecular complexity index is 631. The van der Waals surface area contributed by atoms with Crippen molar-refractivity contribution in [1.82, 2.24) is 4.98 Å². The molecule has 19 heavy (non-hydrogen) atoms. The van der Waals surface area contributed by atoms with Gasteiger partial charge in [0.2, 0.25) is 11.6 Å². The average molecular weight is 260 g/mol. The van der Waals surface area contributed by atoms with Gasteiger partial charge in [0.25, 0.3) is 0 Å². The van der Waals surface area contributed by atoms with Gasteiger partial charge in [-0.3, -0.25) is 0 Å². The van der Waals surface area contributed by atoms with E-state index in [-0.39, 0.29) is 6.61 Å². The number of furan rings is 1. The van der Waals surface area contributed by atoms with Crippen molar-refractivity contribution in [3.63, 3.8) is 0 Å². The summed E-state index contributed by atoms with van der Waals surface area (Å²) in [6.07, 6.45) is 4.62. The molecule has 2 aromatic heterocycles. The van der Waals surface area contributed by atoms with Crippen LogP contribution in [-0.2, 0) is 0 Å². The summed E-state index contributed by atoms with van der Waals surface area (Å²) < 4.78 is 11.2. The fourth-order valence-electron chi connectivity index (χ4n) is 2.19. The molecule has 0 amide bonds. The standard InChI is InChI=1S/C14H16N2O3/c1-9-8-11-12-10(4-2-5-15-12)13(16-14(11)19-9)18-7-3-6-17/h2,4,8,15,17H,3,5-7H2,1H3. The van der Waals surface area contributed by atoms with Crippen molar-refractivity contribution in [2.75, 3.05) is 25.1 Å². The van der Waals surface area contributed by atoms with Crippen LogP contribution in [0.3, 0.4) is 0 Å². The van der Waals surface area contributed by atoms with Crippen LogP contribution < -0.4 is 10.1 Å². The number of hydrogen-bond donors (Lipinski definition) is 2. The number of aromatic nitrogens is 1. The summed E-state index contributed by atoms with van der Waals surface area (Å²) in [5.41, 5.74) is 2.53. The number of fused-ring (bicyclic) bond motifs is 3. The van der Waals surface area contributed by atoms with Gasteiger partial charge in [-0.15, -0.1) is 0 Å². The SMILES string of the molecule is Cc1cc2c3c(c(OCCCO)nc2o1)C=CCN3. The first-order valence-electron chi connectivity index (χ1n) is 6.38. The molecule has 0 atom stereocenters. The van der Waals surface area contributed by atoms with E-state index in [4.69, 9.17) is 14.3 Å². The zero-order valence-corrected chi connectivity index (χ0v) is 10.8. The van der Waals surface area contributed by atoms with Crippen molar-refractivity contribution < 1.29 is 14.3 Å². The Morgan fingerprint density at radius 2 is 2.42 bits per heavy atom. The first-order chi connectivity index (χ1) is 9.29. The highest BCUT2D eigenvalue weighted by molar-refractivity contribution is 5.96. The Kier molecular flexibility index (Phi) is 3.13. The van der Waals surface area contributed by atoms with Crippen molar-refractivity contribution >= 4 is 22.9 Å². The molecule has 3 heterocycles. The Morgan fingerprint density at radius 1 is 1.53 bits per heavy atom. The van der Waals surface area contributed by atoms with E-state index in [0.717, 1.165) is 28.9 Å². The molecule has 0 unspecified atom stereocenters. The van der Waals surface area contributed by atoms with Gasteiger partial charge in [-0.05, 0) is 19.1 Å². The molecule has 1 aliphatic heterocycles. The van der Waals surface area contributed by atoms with Gasteiger partial charge in [0.15, 0.2) is 0 Å². The van der Waals surface area contributed by atoms with E-state index in [0.29, 0.717) is 24.6 Å². The second-order valence-electron chi connectivity index (χ2n) is 4.49. The highest BCUT2D eigenvalue weighted by Gasteiger charge is 2.18. The topological polar surface area (TPSA) is 67.5 Å². The molecule has 0 spiro atoms. The summed E-state index contributed by atoms with van der Waals surface area (Å²) in [6.45, 7) is 3.23. The van der Waals surface area contributed by atoms with Crippen LogP contribution in [0.1, 0.15) is 17.7 Å². The molecule has 0 saturated carbocycles. The molecule has 0 bridgehead atoms. The molecule has 0 radical (unpaired) electrons. The number of nitrogens with one attached hydrogen (secondary N) is 1. The minimum Gasteiger partial charge on any atom is -0.477 e. The number of pyridine rings is 1. The maximum absolute atomic E-state index is 8.81. The number of aliphatic hydroxyl groups is 1. The molecule has 2 aromatic rings. The van der Waals surface area contributed by atoms with Crippen LogP contribution >= 0.6 is 0 Å². The molecule has 5 nitrogen and oxygen atoms in total. The van der Waals surface area contributed by atoms with E-state index in [9.17, 15) is 0 Å². The molecule has 2 N–H and O–H groups in total. The zero-order valence-electron chi connectivity index (χ0n) is 10.8. The van der Waals surface area contributed by atoms with Crippen molar-refractivity contribution in [2.24, 2.45) is 0 Å². The smallest absolute Gasteiger partial charge is 0.231 e. The van der Waals surface area contributed by atoms with Gasteiger partial charge in [0, 0.05) is 19.6 Å². The minimum atomic E-state index is 0.110. The van der Waals surface area contributed by atoms with Crippen molar-refractivity contribution in [2.45, 2.75) is 13.3 Å². The average Bonchev–Trinajstić information content (AvgIpc) is 2.80. The van der Waals surface area contributed by atoms with Crippen LogP contribution in [-0.4, -0.2) is 29.8 Å². The quantitative estimate of drug-likeness (QED) is 0.826. The first kappa shape index (κ1) is 12.0. The largest absolute Gasteiger partial charge is 0.477 e. The summed E-state index contributed by atoms with van der Waals surface area (Å²) in [6, 6.07) is 1.98. The van der Waals surface area contributed by atoms with Gasteiger partial charge in [-0.2, -0.15) is 4.98 Å². The lowest BCUT2D eigenvalue weighted by Crippen LogP contribution is -2.09. The van der Waals surface area contributed by atoms with Gasteiger partial charge >= 0.3 is 0 Å². The fourth-order valence-corrected chi connectivity index (χ4v) is 2.19. The normalized spacial score (nSPS) is 13.4. The van der Waals surface area contributed by atoms with Crippen LogP contribution in [0.2, 0.25) is 0 Å². The predicted molar refractivity (Wildman–Crippen MR) is 73.5 cm³/mol. The molecule has 3 rings (SSSR count). The molecule has 0 aromatic carbocycles. The van der Waals surface area contributed by atoms with Gasteiger partial charge < -0.3 is 19.6 Å². The van der Waals surface area contributed by atoms with Crippen molar-refractivity contribution in [3.8, 4) is 5.88 Å². The summed E-state index contributed by atoms with van der Waals surface area (Å²) in [4.78, 5) is 4.42. The summed E-state index contributed by atoms with van der Waals surface area (Å²) in [7, 11) is 0. The second-order valence-corrected chi connectivity index (χ2v) is 4.49. The molecule has 1 aliphatic rings. The Hall–Kier alpha value is -2.01. The van der Waals surface area contributed by atoms with Crippen LogP contribution in [0, 0.1) is 6.92 Å². The molecule has 0 fully saturated rings. The van der Waals surface area contributed by atoms with E-state index < -0.39 is 0 Å². The second kappa shape index (κ2) is 4.93. The number of aliphatic hydroxyl groups excluding tert-OH is 1. The maximum Gasteiger partial charge on any atom is 0.231 e. The summed E-state index contributed by atoms with van der Waals surface area (Å²) in [5, 5.41) is 13.1. The molecule has 5 heteroatoms. The molecule has 0 aliphatic carbocycles. The van der Waals surface area contributed by atoms with Gasteiger partial charge in [0.1, 0.15) is 5.76 Å². The Morgan fingerprint density at radius 3 is 3.26 bits per heavy atom. The molecule has 100 valence electrons. The zero-order chi connectivity index (χ0) is 13.2. The molecule has 0 saturated heterocycles. The lowest BCUT2D eigenvalue weighted by atomic mass is 10.1. The van der Waals surface area contributed by atoms with E-state index in [1.807, 2.05) is 25.1 Å². The third-order valence-electron chi connectivity index (χ3n) is 3.03. The lowest BCUT2D eigenvalue weighted by Gasteiger charge is -2.16. The molecular weight excluding hydrogens is 244 g/mol. The number of ether oxygens (including phenoxy) is 1. The number of anilines is 1. The third kappa shape index (κ3) is 2.17. The molecular formula is C14H16N2O3. The van der Waals surface area contributed by atoms with Gasteiger partial charge in [-0.1, -0.05) is 6.08 Å². The minimum absolute atomic E-state index is 0.110. The number of rotatable bonds is 4. The van der Waals surface area contributed by atoms with Gasteiger partial charge in [0.05, 0.1) is 23.2 Å². The predicted octanol–water partition coefficient (Wildman–Crippen LogP) is 2.34. The maximum atomic E-state index is 8.81. The van der Waals surface area contributed by atoms with Crippen LogP contribution in [0.15, 0.2) is 16.6 Å². The van der Waals surface area contributed by atoms with E-state index in [1.54, 1.807) is 0 Å². The third-order valence-corrected chi connectivity index (χ3v) is 3.03.